The van der Waals surface area contributed by atoms with Gasteiger partial charge in [0.2, 0.25) is 0 Å². The van der Waals surface area contributed by atoms with Gasteiger partial charge in [0.15, 0.2) is 11.5 Å². The van der Waals surface area contributed by atoms with E-state index in [9.17, 15) is 9.18 Å². The van der Waals surface area contributed by atoms with Crippen molar-refractivity contribution in [1.82, 2.24) is 14.5 Å². The van der Waals surface area contributed by atoms with Crippen molar-refractivity contribution in [2.75, 3.05) is 26.8 Å². The van der Waals surface area contributed by atoms with Crippen molar-refractivity contribution >= 4 is 28.6 Å². The van der Waals surface area contributed by atoms with E-state index < -0.39 is 11.6 Å². The van der Waals surface area contributed by atoms with Crippen LogP contribution in [0.3, 0.4) is 0 Å². The molecule has 0 amide bonds. The third-order valence-corrected chi connectivity index (χ3v) is 9.69. The van der Waals surface area contributed by atoms with E-state index in [1.807, 2.05) is 24.3 Å². The minimum atomic E-state index is -1.26. The second-order valence-electron chi connectivity index (χ2n) is 12.1. The van der Waals surface area contributed by atoms with Crippen molar-refractivity contribution < 1.29 is 28.1 Å². The summed E-state index contributed by atoms with van der Waals surface area (Å²) in [5, 5.41) is 0.328. The molecular weight excluding hydrogens is 573 g/mol. The van der Waals surface area contributed by atoms with Crippen LogP contribution in [0.1, 0.15) is 46.6 Å². The molecule has 4 heterocycles. The monoisotopic (exact) mass is 603 g/mol. The molecule has 8 rings (SSSR count). The molecule has 0 N–H and O–H groups in total. The summed E-state index contributed by atoms with van der Waals surface area (Å²) in [7, 11) is 1.39. The molecule has 2 saturated heterocycles. The lowest BCUT2D eigenvalue weighted by Crippen LogP contribution is -2.33. The molecular formula is C33H31ClFN3O5. The summed E-state index contributed by atoms with van der Waals surface area (Å²) in [5.41, 5.74) is 3.73. The van der Waals surface area contributed by atoms with E-state index in [0.717, 1.165) is 55.1 Å². The van der Waals surface area contributed by atoms with Gasteiger partial charge in [0.25, 0.3) is 5.79 Å². The molecule has 1 saturated carbocycles. The summed E-state index contributed by atoms with van der Waals surface area (Å²) >= 11 is 5.98. The zero-order valence-electron chi connectivity index (χ0n) is 23.9. The van der Waals surface area contributed by atoms with Gasteiger partial charge in [0.1, 0.15) is 11.6 Å². The lowest BCUT2D eigenvalue weighted by molar-refractivity contribution is -0.0710. The molecule has 3 fully saturated rings. The highest BCUT2D eigenvalue weighted by Crippen LogP contribution is 2.62. The number of benzene rings is 3. The Hall–Kier alpha value is -3.66. The molecule has 3 aromatic carbocycles. The lowest BCUT2D eigenvalue weighted by Gasteiger charge is -2.28. The number of aromatic nitrogens is 2. The van der Waals surface area contributed by atoms with Crippen molar-refractivity contribution in [2.24, 2.45) is 11.8 Å². The Morgan fingerprint density at radius 1 is 1.14 bits per heavy atom. The van der Waals surface area contributed by atoms with Crippen LogP contribution in [0.4, 0.5) is 4.39 Å². The molecule has 3 aliphatic heterocycles. The maximum atomic E-state index is 14.8. The number of ether oxygens (including phenoxy) is 4. The van der Waals surface area contributed by atoms with Crippen LogP contribution in [-0.4, -0.2) is 53.3 Å². The molecule has 5 atom stereocenters. The third kappa shape index (κ3) is 4.48. The number of halogens is 2. The van der Waals surface area contributed by atoms with E-state index in [0.29, 0.717) is 51.9 Å². The van der Waals surface area contributed by atoms with Gasteiger partial charge in [-0.25, -0.2) is 14.2 Å². The number of piperidine rings is 1. The van der Waals surface area contributed by atoms with Crippen molar-refractivity contribution in [3.63, 3.8) is 0 Å². The van der Waals surface area contributed by atoms with E-state index in [2.05, 4.69) is 15.5 Å². The normalized spacial score (nSPS) is 27.3. The number of carbonyl (C=O) groups is 1. The van der Waals surface area contributed by atoms with Gasteiger partial charge in [0, 0.05) is 37.2 Å². The van der Waals surface area contributed by atoms with Crippen LogP contribution in [0.2, 0.25) is 5.02 Å². The highest BCUT2D eigenvalue weighted by atomic mass is 35.5. The fraction of sp³-hybridized carbons (Fsp3) is 0.394. The van der Waals surface area contributed by atoms with E-state index in [4.69, 9.17) is 35.5 Å². The Balaban J connectivity index is 1.00. The van der Waals surface area contributed by atoms with Crippen LogP contribution in [0.25, 0.3) is 11.0 Å². The summed E-state index contributed by atoms with van der Waals surface area (Å²) in [6.45, 7) is 5.84. The zero-order chi connectivity index (χ0) is 29.5. The Kier molecular flexibility index (Phi) is 6.22. The lowest BCUT2D eigenvalue weighted by atomic mass is 10.0. The van der Waals surface area contributed by atoms with Gasteiger partial charge in [-0.3, -0.25) is 4.90 Å². The van der Waals surface area contributed by atoms with E-state index in [1.165, 1.54) is 13.2 Å². The van der Waals surface area contributed by atoms with Crippen molar-refractivity contribution in [3.05, 3.63) is 88.0 Å². The average Bonchev–Trinajstić information content (AvgIpc) is 3.25. The summed E-state index contributed by atoms with van der Waals surface area (Å²) in [6.07, 6.45) is 1.17. The van der Waals surface area contributed by atoms with Crippen LogP contribution < -0.4 is 9.47 Å². The molecule has 1 aliphatic carbocycles. The van der Waals surface area contributed by atoms with Crippen molar-refractivity contribution in [1.29, 1.82) is 0 Å². The quantitative estimate of drug-likeness (QED) is 0.244. The molecule has 1 aromatic heterocycles. The second kappa shape index (κ2) is 9.94. The Morgan fingerprint density at radius 2 is 1.95 bits per heavy atom. The molecule has 0 bridgehead atoms. The van der Waals surface area contributed by atoms with Gasteiger partial charge in [0.05, 0.1) is 48.5 Å². The summed E-state index contributed by atoms with van der Waals surface area (Å²) in [4.78, 5) is 19.6. The van der Waals surface area contributed by atoms with E-state index >= 15 is 0 Å². The van der Waals surface area contributed by atoms with Gasteiger partial charge in [-0.05, 0) is 66.6 Å². The van der Waals surface area contributed by atoms with Gasteiger partial charge >= 0.3 is 5.97 Å². The number of esters is 1. The van der Waals surface area contributed by atoms with Gasteiger partial charge < -0.3 is 23.5 Å². The number of hydrogen-bond acceptors (Lipinski definition) is 7. The first-order valence-corrected chi connectivity index (χ1v) is 15.1. The van der Waals surface area contributed by atoms with Crippen molar-refractivity contribution in [3.8, 4) is 11.5 Å². The van der Waals surface area contributed by atoms with Gasteiger partial charge in [-0.1, -0.05) is 23.7 Å². The Morgan fingerprint density at radius 3 is 2.67 bits per heavy atom. The number of likely N-dealkylation sites (tertiary alicyclic amines) is 1. The Bertz CT molecular complexity index is 1760. The smallest absolute Gasteiger partial charge is 0.337 e. The molecule has 43 heavy (non-hydrogen) atoms. The predicted molar refractivity (Wildman–Crippen MR) is 157 cm³/mol. The second-order valence-corrected chi connectivity index (χ2v) is 12.5. The van der Waals surface area contributed by atoms with Gasteiger partial charge in [-0.2, -0.15) is 0 Å². The number of carbonyl (C=O) groups excluding carboxylic acids is 1. The number of fused-ring (bicyclic) bond motifs is 3. The topological polar surface area (TPSA) is 75.0 Å². The number of imidazole rings is 1. The number of nitrogens with zero attached hydrogens (tertiary/aromatic N) is 3. The van der Waals surface area contributed by atoms with E-state index in [-0.39, 0.29) is 12.1 Å². The minimum Gasteiger partial charge on any atom is -0.465 e. The molecule has 3 unspecified atom stereocenters. The first-order chi connectivity index (χ1) is 20.8. The molecule has 4 aromatic rings. The molecule has 0 radical (unpaired) electrons. The third-order valence-electron chi connectivity index (χ3n) is 9.45. The maximum absolute atomic E-state index is 14.8. The molecule has 222 valence electrons. The largest absolute Gasteiger partial charge is 0.465 e. The Labute approximate surface area is 253 Å². The number of methoxy groups -OCH3 is 1. The first kappa shape index (κ1) is 26.9. The minimum absolute atomic E-state index is 0.156. The number of para-hydroxylation sites is 1. The standard InChI is InChI=1S/C33H31ClFN3O5/c1-33(24-8-7-19(34)13-25(24)35)42-28-5-3-4-21(31(28)43-33)30-22-15-37(16-23(22)30)17-29-36-26-9-6-18(32(39)40-2)12-27(26)38(29)14-20-10-11-41-20/h3-9,12-13,20,22-23,30H,10-11,14-17H2,1-2H3/t20?,22-,23+,30?,33?. The van der Waals surface area contributed by atoms with Crippen LogP contribution in [0.5, 0.6) is 11.5 Å². The van der Waals surface area contributed by atoms with Crippen LogP contribution in [-0.2, 0) is 28.4 Å². The van der Waals surface area contributed by atoms with Crippen LogP contribution in [0, 0.1) is 17.7 Å². The highest BCUT2D eigenvalue weighted by molar-refractivity contribution is 6.30. The zero-order valence-corrected chi connectivity index (χ0v) is 24.6. The SMILES string of the molecule is COC(=O)c1ccc2nc(CN3C[C@@H]4C(c5cccc6c5OC(C)(c5ccc(Cl)cc5F)O6)[C@@H]4C3)n(CC3CCO3)c2c1. The highest BCUT2D eigenvalue weighted by Gasteiger charge is 2.58. The summed E-state index contributed by atoms with van der Waals surface area (Å²) in [5.74, 6) is 1.58. The first-order valence-electron chi connectivity index (χ1n) is 14.7. The van der Waals surface area contributed by atoms with Crippen LogP contribution >= 0.6 is 11.6 Å². The molecule has 10 heteroatoms. The number of hydrogen-bond donors (Lipinski definition) is 0. The average molecular weight is 604 g/mol. The maximum Gasteiger partial charge on any atom is 0.337 e. The number of rotatable bonds is 7. The van der Waals surface area contributed by atoms with E-state index in [1.54, 1.807) is 25.1 Å². The fourth-order valence-electron chi connectivity index (χ4n) is 7.16. The molecule has 0 spiro atoms. The van der Waals surface area contributed by atoms with Crippen LogP contribution in [0.15, 0.2) is 54.6 Å². The summed E-state index contributed by atoms with van der Waals surface area (Å²) < 4.78 is 40.3. The van der Waals surface area contributed by atoms with Gasteiger partial charge in [-0.15, -0.1) is 0 Å². The fourth-order valence-corrected chi connectivity index (χ4v) is 7.31. The van der Waals surface area contributed by atoms with Crippen molar-refractivity contribution in [2.45, 2.75) is 44.2 Å². The summed E-state index contributed by atoms with van der Waals surface area (Å²) in [6, 6.07) is 16.0. The molecule has 4 aliphatic rings. The molecule has 8 nitrogen and oxygen atoms in total. The predicted octanol–water partition coefficient (Wildman–Crippen LogP) is 5.89.